The van der Waals surface area contributed by atoms with E-state index in [1.807, 2.05) is 0 Å². The smallest absolute Gasteiger partial charge is 0.175 e. The number of hydrogen-bond acceptors (Lipinski definition) is 4. The molecule has 0 saturated heterocycles. The molecule has 16 heavy (non-hydrogen) atoms. The third-order valence-corrected chi connectivity index (χ3v) is 3.16. The fourth-order valence-electron chi connectivity index (χ4n) is 1.13. The van der Waals surface area contributed by atoms with Crippen molar-refractivity contribution in [3.63, 3.8) is 0 Å². The average Bonchev–Trinajstić information content (AvgIpc) is 2.25. The van der Waals surface area contributed by atoms with Crippen LogP contribution in [0, 0.1) is 0 Å². The summed E-state index contributed by atoms with van der Waals surface area (Å²) < 4.78 is 56.5. The molecule has 0 aromatic heterocycles. The van der Waals surface area contributed by atoms with Crippen LogP contribution in [-0.4, -0.2) is 32.4 Å². The van der Waals surface area contributed by atoms with Gasteiger partial charge in [-0.2, -0.15) is 0 Å². The van der Waals surface area contributed by atoms with E-state index in [1.165, 1.54) is 0 Å². The van der Waals surface area contributed by atoms with Crippen molar-refractivity contribution in [3.8, 4) is 0 Å². The molecular formula is C10H14FNO3S. The average molecular weight is 250 g/mol. The Morgan fingerprint density at radius 2 is 2.06 bits per heavy atom. The van der Waals surface area contributed by atoms with Gasteiger partial charge in [0.05, 0.1) is 21.1 Å². The van der Waals surface area contributed by atoms with Crippen LogP contribution in [0.4, 0.5) is 4.39 Å². The minimum absolute atomic E-state index is 0.0145. The van der Waals surface area contributed by atoms with Crippen molar-refractivity contribution < 1.29 is 22.0 Å². The van der Waals surface area contributed by atoms with Gasteiger partial charge in [0.15, 0.2) is 9.84 Å². The molecule has 0 spiro atoms. The number of hydrogen-bond donors (Lipinski definition) is 2. The summed E-state index contributed by atoms with van der Waals surface area (Å²) in [5.74, 6) is 0. The summed E-state index contributed by atoms with van der Waals surface area (Å²) in [5, 5.41) is 9.74. The normalized spacial score (nSPS) is 21.4. The topological polar surface area (TPSA) is 80.4 Å². The van der Waals surface area contributed by atoms with Gasteiger partial charge in [-0.15, -0.1) is 0 Å². The van der Waals surface area contributed by atoms with Crippen LogP contribution in [0.25, 0.3) is 0 Å². The third-order valence-electron chi connectivity index (χ3n) is 2.03. The number of sulfone groups is 1. The second kappa shape index (κ2) is 4.90. The first-order valence-corrected chi connectivity index (χ1v) is 6.22. The molecule has 3 N–H and O–H groups in total. The molecule has 0 amide bonds. The van der Waals surface area contributed by atoms with Crippen LogP contribution in [0.1, 0.15) is 15.8 Å². The summed E-state index contributed by atoms with van der Waals surface area (Å²) >= 11 is 0. The lowest BCUT2D eigenvalue weighted by molar-refractivity contribution is 0.132. The monoisotopic (exact) mass is 250 g/mol. The van der Waals surface area contributed by atoms with E-state index < -0.39 is 28.6 Å². The summed E-state index contributed by atoms with van der Waals surface area (Å²) in [6, 6.07) is 1.74. The van der Waals surface area contributed by atoms with E-state index in [2.05, 4.69) is 0 Å². The highest BCUT2D eigenvalue weighted by Gasteiger charge is 2.17. The van der Waals surface area contributed by atoms with Gasteiger partial charge in [-0.25, -0.2) is 12.8 Å². The van der Waals surface area contributed by atoms with E-state index in [9.17, 15) is 17.9 Å². The number of halogens is 1. The van der Waals surface area contributed by atoms with Crippen LogP contribution >= 0.6 is 0 Å². The summed E-state index contributed by atoms with van der Waals surface area (Å²) in [4.78, 5) is -0.0145. The van der Waals surface area contributed by atoms with Crippen LogP contribution in [0.3, 0.4) is 0 Å². The Balaban J connectivity index is 3.12. The maximum absolute atomic E-state index is 13.1. The van der Waals surface area contributed by atoms with Gasteiger partial charge in [0.1, 0.15) is 6.63 Å². The Morgan fingerprint density at radius 3 is 2.44 bits per heavy atom. The van der Waals surface area contributed by atoms with Crippen LogP contribution in [0.2, 0.25) is 0 Å². The van der Waals surface area contributed by atoms with E-state index >= 15 is 0 Å². The lowest BCUT2D eigenvalue weighted by Gasteiger charge is -2.16. The highest BCUT2D eigenvalue weighted by atomic mass is 32.2. The second-order valence-electron chi connectivity index (χ2n) is 3.29. The standard InChI is InChI=1S/C10H14FNO3S/c1-16(14,15)8-4-2-7(3-5-8)10(13)9(12)6-11/h2-5,9-10,13H,6,12H2,1H3/t9?,10-/m1/s1/i6D2,9D. The fourth-order valence-corrected chi connectivity index (χ4v) is 1.76. The predicted molar refractivity (Wildman–Crippen MR) is 58.5 cm³/mol. The molecule has 0 aliphatic heterocycles. The summed E-state index contributed by atoms with van der Waals surface area (Å²) in [7, 11) is -3.42. The first kappa shape index (κ1) is 9.09. The van der Waals surface area contributed by atoms with E-state index in [-0.39, 0.29) is 10.5 Å². The number of aliphatic hydroxyl groups is 1. The van der Waals surface area contributed by atoms with Crippen molar-refractivity contribution in [2.24, 2.45) is 5.73 Å². The first-order chi connectivity index (χ1) is 8.37. The molecule has 1 aromatic carbocycles. The van der Waals surface area contributed by atoms with Gasteiger partial charge in [-0.1, -0.05) is 12.1 Å². The van der Waals surface area contributed by atoms with Crippen LogP contribution in [0.5, 0.6) is 0 Å². The molecule has 0 saturated carbocycles. The van der Waals surface area contributed by atoms with Crippen molar-refractivity contribution >= 4 is 9.84 Å². The molecule has 1 aromatic rings. The maximum atomic E-state index is 13.1. The maximum Gasteiger partial charge on any atom is 0.175 e. The second-order valence-corrected chi connectivity index (χ2v) is 5.31. The zero-order valence-electron chi connectivity index (χ0n) is 11.5. The van der Waals surface area contributed by atoms with E-state index in [1.54, 1.807) is 0 Å². The number of benzene rings is 1. The Morgan fingerprint density at radius 1 is 1.56 bits per heavy atom. The van der Waals surface area contributed by atoms with Gasteiger partial charge >= 0.3 is 0 Å². The van der Waals surface area contributed by atoms with Gasteiger partial charge in [0.2, 0.25) is 0 Å². The number of alkyl halides is 1. The molecular weight excluding hydrogens is 233 g/mol. The molecule has 1 unspecified atom stereocenters. The quantitative estimate of drug-likeness (QED) is 0.811. The molecule has 4 nitrogen and oxygen atoms in total. The van der Waals surface area contributed by atoms with Gasteiger partial charge in [0.25, 0.3) is 0 Å². The van der Waals surface area contributed by atoms with Crippen molar-refractivity contribution in [2.75, 3.05) is 12.9 Å². The molecule has 0 heterocycles. The molecule has 6 heteroatoms. The van der Waals surface area contributed by atoms with E-state index in [0.29, 0.717) is 0 Å². The summed E-state index contributed by atoms with van der Waals surface area (Å²) in [5.41, 5.74) is 5.09. The van der Waals surface area contributed by atoms with E-state index in [4.69, 9.17) is 9.85 Å². The molecule has 0 bridgehead atoms. The third kappa shape index (κ3) is 3.01. The Bertz CT molecular complexity index is 554. The fraction of sp³-hybridized carbons (Fsp3) is 0.400. The molecule has 2 atom stereocenters. The lowest BCUT2D eigenvalue weighted by atomic mass is 10.0. The van der Waals surface area contributed by atoms with Gasteiger partial charge in [-0.3, -0.25) is 0 Å². The van der Waals surface area contributed by atoms with Gasteiger partial charge in [0, 0.05) is 6.26 Å². The number of rotatable bonds is 4. The van der Waals surface area contributed by atoms with Crippen molar-refractivity contribution in [1.82, 2.24) is 0 Å². The Hall–Kier alpha value is -0.980. The highest BCUT2D eigenvalue weighted by Crippen LogP contribution is 2.18. The lowest BCUT2D eigenvalue weighted by Crippen LogP contribution is -2.30. The van der Waals surface area contributed by atoms with Gasteiger partial charge in [-0.05, 0) is 17.7 Å². The van der Waals surface area contributed by atoms with Gasteiger partial charge < -0.3 is 10.8 Å². The zero-order chi connectivity index (χ0) is 15.1. The first-order valence-electron chi connectivity index (χ1n) is 5.83. The summed E-state index contributed by atoms with van der Waals surface area (Å²) in [6.07, 6.45) is -0.947. The molecule has 0 aliphatic rings. The Labute approximate surface area is 98.0 Å². The largest absolute Gasteiger partial charge is 0.387 e. The molecule has 1 rings (SSSR count). The van der Waals surface area contributed by atoms with Crippen LogP contribution < -0.4 is 5.73 Å². The molecule has 0 fully saturated rings. The number of aliphatic hydroxyl groups excluding tert-OH is 1. The van der Waals surface area contributed by atoms with E-state index in [0.717, 1.165) is 30.5 Å². The van der Waals surface area contributed by atoms with Crippen molar-refractivity contribution in [2.45, 2.75) is 17.0 Å². The van der Waals surface area contributed by atoms with Crippen LogP contribution in [-0.2, 0) is 9.84 Å². The predicted octanol–water partition coefficient (Wildman–Crippen LogP) is 0.420. The molecule has 90 valence electrons. The Kier molecular flexibility index (Phi) is 2.79. The van der Waals surface area contributed by atoms with Crippen molar-refractivity contribution in [3.05, 3.63) is 29.8 Å². The molecule has 0 radical (unpaired) electrons. The molecule has 0 aliphatic carbocycles. The minimum Gasteiger partial charge on any atom is -0.387 e. The van der Waals surface area contributed by atoms with Crippen molar-refractivity contribution in [1.29, 1.82) is 0 Å². The minimum atomic E-state index is -3.62. The highest BCUT2D eigenvalue weighted by molar-refractivity contribution is 7.90. The summed E-state index contributed by atoms with van der Waals surface area (Å²) in [6.45, 7) is -3.62. The SMILES string of the molecule is [2H]C([2H])(F)C([2H])(N)[C@H](O)c1ccc(S(C)(=O)=O)cc1. The van der Waals surface area contributed by atoms with Crippen LogP contribution in [0.15, 0.2) is 29.2 Å². The zero-order valence-corrected chi connectivity index (χ0v) is 9.33. The number of nitrogens with two attached hydrogens (primary N) is 1.